The second-order valence-electron chi connectivity index (χ2n) is 4.78. The summed E-state index contributed by atoms with van der Waals surface area (Å²) in [5, 5.41) is 6.61. The molecular weight excluding hydrogens is 294 g/mol. The predicted molar refractivity (Wildman–Crippen MR) is 76.7 cm³/mol. The molecular formula is C14H14ClN3O3. The maximum Gasteiger partial charge on any atom is 0.274 e. The van der Waals surface area contributed by atoms with E-state index in [9.17, 15) is 9.59 Å². The zero-order valence-corrected chi connectivity index (χ0v) is 12.3. The fraction of sp³-hybridized carbons (Fsp3) is 0.214. The van der Waals surface area contributed by atoms with Gasteiger partial charge in [-0.1, -0.05) is 28.9 Å². The lowest BCUT2D eigenvalue weighted by atomic mass is 9.91. The molecule has 1 aromatic heterocycles. The van der Waals surface area contributed by atoms with Gasteiger partial charge in [-0.25, -0.2) is 0 Å². The summed E-state index contributed by atoms with van der Waals surface area (Å²) >= 11 is 5.92. The van der Waals surface area contributed by atoms with E-state index in [1.807, 2.05) is 0 Å². The molecule has 0 saturated heterocycles. The third-order valence-electron chi connectivity index (χ3n) is 3.12. The van der Waals surface area contributed by atoms with Gasteiger partial charge in [-0.2, -0.15) is 0 Å². The van der Waals surface area contributed by atoms with E-state index in [-0.39, 0.29) is 5.69 Å². The summed E-state index contributed by atoms with van der Waals surface area (Å²) in [6.45, 7) is 3.17. The predicted octanol–water partition coefficient (Wildman–Crippen LogP) is 1.77. The number of nitrogens with two attached hydrogens (primary N) is 1. The van der Waals surface area contributed by atoms with E-state index in [2.05, 4.69) is 10.5 Å². The number of amides is 2. The molecule has 2 amide bonds. The first-order valence-electron chi connectivity index (χ1n) is 6.14. The van der Waals surface area contributed by atoms with Crippen LogP contribution in [0.1, 0.15) is 28.7 Å². The molecule has 110 valence electrons. The molecule has 21 heavy (non-hydrogen) atoms. The monoisotopic (exact) mass is 307 g/mol. The van der Waals surface area contributed by atoms with Gasteiger partial charge in [0, 0.05) is 11.1 Å². The van der Waals surface area contributed by atoms with Gasteiger partial charge in [-0.15, -0.1) is 0 Å². The van der Waals surface area contributed by atoms with Crippen molar-refractivity contribution in [2.24, 2.45) is 5.73 Å². The van der Waals surface area contributed by atoms with Gasteiger partial charge in [0.2, 0.25) is 5.91 Å². The number of halogens is 1. The first-order valence-corrected chi connectivity index (χ1v) is 6.52. The van der Waals surface area contributed by atoms with E-state index >= 15 is 0 Å². The molecule has 0 spiro atoms. The fourth-order valence-electron chi connectivity index (χ4n) is 1.84. The summed E-state index contributed by atoms with van der Waals surface area (Å²) in [7, 11) is 0. The molecule has 2 aromatic rings. The number of rotatable bonds is 4. The molecule has 0 aliphatic carbocycles. The summed E-state index contributed by atoms with van der Waals surface area (Å²) in [6, 6.07) is 8.03. The van der Waals surface area contributed by atoms with Gasteiger partial charge in [0.1, 0.15) is 11.3 Å². The Morgan fingerprint density at radius 1 is 1.38 bits per heavy atom. The SMILES string of the molecule is Cc1cc(C(=O)NC(C)(C(N)=O)c2cccc(Cl)c2)no1. The van der Waals surface area contributed by atoms with Gasteiger partial charge in [0.15, 0.2) is 5.69 Å². The molecule has 0 fully saturated rings. The number of aromatic nitrogens is 1. The molecule has 1 aromatic carbocycles. The highest BCUT2D eigenvalue weighted by Gasteiger charge is 2.36. The molecule has 0 radical (unpaired) electrons. The number of primary amides is 1. The van der Waals surface area contributed by atoms with Crippen molar-refractivity contribution in [3.8, 4) is 0 Å². The van der Waals surface area contributed by atoms with E-state index in [1.54, 1.807) is 31.2 Å². The summed E-state index contributed by atoms with van der Waals surface area (Å²) in [5.74, 6) is -0.782. The second-order valence-corrected chi connectivity index (χ2v) is 5.21. The van der Waals surface area contributed by atoms with Gasteiger partial charge in [0.05, 0.1) is 0 Å². The Balaban J connectivity index is 2.35. The Morgan fingerprint density at radius 2 is 2.10 bits per heavy atom. The Labute approximate surface area is 126 Å². The Hall–Kier alpha value is -2.34. The smallest absolute Gasteiger partial charge is 0.274 e. The van der Waals surface area contributed by atoms with Crippen LogP contribution in [0.15, 0.2) is 34.9 Å². The van der Waals surface area contributed by atoms with Gasteiger partial charge >= 0.3 is 0 Å². The van der Waals surface area contributed by atoms with Crippen LogP contribution in [0.4, 0.5) is 0 Å². The summed E-state index contributed by atoms with van der Waals surface area (Å²) < 4.78 is 4.84. The van der Waals surface area contributed by atoms with Crippen LogP contribution in [0.25, 0.3) is 0 Å². The van der Waals surface area contributed by atoms with Crippen molar-refractivity contribution in [3.05, 3.63) is 52.4 Å². The van der Waals surface area contributed by atoms with Gasteiger partial charge < -0.3 is 15.6 Å². The van der Waals surface area contributed by atoms with Crippen LogP contribution in [0, 0.1) is 6.92 Å². The van der Waals surface area contributed by atoms with Crippen molar-refractivity contribution in [2.45, 2.75) is 19.4 Å². The number of aryl methyl sites for hydroxylation is 1. The molecule has 6 nitrogen and oxygen atoms in total. The number of benzene rings is 1. The highest BCUT2D eigenvalue weighted by Crippen LogP contribution is 2.24. The van der Waals surface area contributed by atoms with E-state index in [4.69, 9.17) is 21.9 Å². The van der Waals surface area contributed by atoms with Crippen molar-refractivity contribution in [2.75, 3.05) is 0 Å². The molecule has 7 heteroatoms. The Kier molecular flexibility index (Phi) is 3.99. The zero-order chi connectivity index (χ0) is 15.6. The molecule has 0 aliphatic heterocycles. The van der Waals surface area contributed by atoms with E-state index in [0.717, 1.165) is 0 Å². The van der Waals surface area contributed by atoms with Crippen molar-refractivity contribution in [3.63, 3.8) is 0 Å². The van der Waals surface area contributed by atoms with Crippen LogP contribution in [0.5, 0.6) is 0 Å². The van der Waals surface area contributed by atoms with Gasteiger partial charge in [-0.05, 0) is 31.5 Å². The highest BCUT2D eigenvalue weighted by atomic mass is 35.5. The maximum atomic E-state index is 12.2. The minimum atomic E-state index is -1.41. The number of nitrogens with zero attached hydrogens (tertiary/aromatic N) is 1. The van der Waals surface area contributed by atoms with Crippen molar-refractivity contribution < 1.29 is 14.1 Å². The number of carbonyl (C=O) groups is 2. The third-order valence-corrected chi connectivity index (χ3v) is 3.35. The van der Waals surface area contributed by atoms with Crippen LogP contribution in [-0.4, -0.2) is 17.0 Å². The molecule has 0 saturated carbocycles. The third kappa shape index (κ3) is 3.05. The molecule has 1 unspecified atom stereocenters. The lowest BCUT2D eigenvalue weighted by molar-refractivity contribution is -0.123. The first kappa shape index (κ1) is 15.1. The van der Waals surface area contributed by atoms with Crippen LogP contribution in [0.3, 0.4) is 0 Å². The van der Waals surface area contributed by atoms with E-state index < -0.39 is 17.4 Å². The lowest BCUT2D eigenvalue weighted by Crippen LogP contribution is -2.52. The van der Waals surface area contributed by atoms with E-state index in [1.165, 1.54) is 13.0 Å². The quantitative estimate of drug-likeness (QED) is 0.899. The molecule has 3 N–H and O–H groups in total. The van der Waals surface area contributed by atoms with Crippen molar-refractivity contribution in [1.82, 2.24) is 10.5 Å². The maximum absolute atomic E-state index is 12.2. The van der Waals surface area contributed by atoms with Crippen LogP contribution >= 0.6 is 11.6 Å². The largest absolute Gasteiger partial charge is 0.367 e. The van der Waals surface area contributed by atoms with E-state index in [0.29, 0.717) is 16.3 Å². The average Bonchev–Trinajstić information content (AvgIpc) is 2.85. The summed E-state index contributed by atoms with van der Waals surface area (Å²) in [4.78, 5) is 24.0. The molecule has 1 heterocycles. The van der Waals surface area contributed by atoms with Crippen molar-refractivity contribution in [1.29, 1.82) is 0 Å². The number of hydrogen-bond donors (Lipinski definition) is 2. The number of nitrogens with one attached hydrogen (secondary N) is 1. The Morgan fingerprint density at radius 3 is 2.62 bits per heavy atom. The van der Waals surface area contributed by atoms with Gasteiger partial charge in [0.25, 0.3) is 5.91 Å². The van der Waals surface area contributed by atoms with Gasteiger partial charge in [-0.3, -0.25) is 9.59 Å². The highest BCUT2D eigenvalue weighted by molar-refractivity contribution is 6.30. The van der Waals surface area contributed by atoms with Crippen LogP contribution < -0.4 is 11.1 Å². The topological polar surface area (TPSA) is 98.2 Å². The minimum absolute atomic E-state index is 0.0713. The molecule has 0 bridgehead atoms. The van der Waals surface area contributed by atoms with Crippen LogP contribution in [0.2, 0.25) is 5.02 Å². The molecule has 2 rings (SSSR count). The number of carbonyl (C=O) groups excluding carboxylic acids is 2. The first-order chi connectivity index (χ1) is 9.83. The molecule has 1 atom stereocenters. The molecule has 0 aliphatic rings. The summed E-state index contributed by atoms with van der Waals surface area (Å²) in [5.41, 5.74) is 4.59. The minimum Gasteiger partial charge on any atom is -0.367 e. The standard InChI is InChI=1S/C14H14ClN3O3/c1-8-6-11(18-21-8)12(19)17-14(2,13(16)20)9-4-3-5-10(15)7-9/h3-7H,1-2H3,(H2,16,20)(H,17,19). The normalized spacial score (nSPS) is 13.5. The average molecular weight is 308 g/mol. The van der Waals surface area contributed by atoms with Crippen LogP contribution in [-0.2, 0) is 10.3 Å². The second kappa shape index (κ2) is 5.57. The fourth-order valence-corrected chi connectivity index (χ4v) is 2.03. The summed E-state index contributed by atoms with van der Waals surface area (Å²) in [6.07, 6.45) is 0. The zero-order valence-electron chi connectivity index (χ0n) is 11.5. The van der Waals surface area contributed by atoms with Crippen molar-refractivity contribution >= 4 is 23.4 Å². The lowest BCUT2D eigenvalue weighted by Gasteiger charge is -2.27. The Bertz CT molecular complexity index is 698. The number of hydrogen-bond acceptors (Lipinski definition) is 4.